The highest BCUT2D eigenvalue weighted by Gasteiger charge is 2.13. The molecule has 0 aliphatic carbocycles. The summed E-state index contributed by atoms with van der Waals surface area (Å²) < 4.78 is 0. The van der Waals surface area contributed by atoms with Crippen LogP contribution in [0.15, 0.2) is 73.2 Å². The molecule has 0 N–H and O–H groups in total. The van der Waals surface area contributed by atoms with Gasteiger partial charge >= 0.3 is 0 Å². The van der Waals surface area contributed by atoms with Gasteiger partial charge in [-0.2, -0.15) is 0 Å². The van der Waals surface area contributed by atoms with Crippen LogP contribution < -0.4 is 0 Å². The molecule has 176 valence electrons. The second-order valence-electron chi connectivity index (χ2n) is 8.72. The van der Waals surface area contributed by atoms with Gasteiger partial charge in [0.15, 0.2) is 0 Å². The zero-order chi connectivity index (χ0) is 23.0. The molecule has 0 aliphatic rings. The molecule has 0 radical (unpaired) electrons. The monoisotopic (exact) mass is 445 g/mol. The molecule has 0 fully saturated rings. The highest BCUT2D eigenvalue weighted by atomic mass is 15.2. The maximum absolute atomic E-state index is 4.57. The minimum absolute atomic E-state index is 0.825. The van der Waals surface area contributed by atoms with Gasteiger partial charge in [-0.1, -0.05) is 57.2 Å². The summed E-state index contributed by atoms with van der Waals surface area (Å²) in [4.78, 5) is 18.7. The van der Waals surface area contributed by atoms with E-state index in [0.29, 0.717) is 0 Å². The standard InChI is InChI=1S/C28H39N5/c1-2-3-4-5-6-13-20-32(23-26-14-7-10-17-29-26)21-22-33(24-27-15-8-11-18-30-27)25-28-16-9-12-19-31-28/h7-12,14-19H,2-6,13,20-25H2,1H3. The SMILES string of the molecule is CCCCCCCCN(CCN(Cc1ccccn1)Cc1ccccn1)Cc1ccccn1. The van der Waals surface area contributed by atoms with Gasteiger partial charge in [0, 0.05) is 51.3 Å². The Morgan fingerprint density at radius 3 is 1.45 bits per heavy atom. The molecule has 5 nitrogen and oxygen atoms in total. The summed E-state index contributed by atoms with van der Waals surface area (Å²) in [5.41, 5.74) is 3.34. The fraction of sp³-hybridized carbons (Fsp3) is 0.464. The van der Waals surface area contributed by atoms with E-state index in [-0.39, 0.29) is 0 Å². The summed E-state index contributed by atoms with van der Waals surface area (Å²) in [5.74, 6) is 0. The smallest absolute Gasteiger partial charge is 0.0544 e. The van der Waals surface area contributed by atoms with Crippen LogP contribution in [-0.2, 0) is 19.6 Å². The fourth-order valence-corrected chi connectivity index (χ4v) is 4.04. The van der Waals surface area contributed by atoms with E-state index in [9.17, 15) is 0 Å². The largest absolute Gasteiger partial charge is 0.296 e. The van der Waals surface area contributed by atoms with E-state index >= 15 is 0 Å². The van der Waals surface area contributed by atoms with Crippen molar-refractivity contribution >= 4 is 0 Å². The summed E-state index contributed by atoms with van der Waals surface area (Å²) in [5, 5.41) is 0. The van der Waals surface area contributed by atoms with Gasteiger partial charge in [-0.05, 0) is 49.4 Å². The number of nitrogens with zero attached hydrogens (tertiary/aromatic N) is 5. The van der Waals surface area contributed by atoms with Crippen molar-refractivity contribution in [3.8, 4) is 0 Å². The van der Waals surface area contributed by atoms with E-state index in [4.69, 9.17) is 0 Å². The average Bonchev–Trinajstić information content (AvgIpc) is 2.86. The van der Waals surface area contributed by atoms with Gasteiger partial charge in [-0.25, -0.2) is 0 Å². The molecule has 3 aromatic heterocycles. The second-order valence-corrected chi connectivity index (χ2v) is 8.72. The Labute approximate surface area is 199 Å². The van der Waals surface area contributed by atoms with Crippen molar-refractivity contribution in [1.82, 2.24) is 24.8 Å². The van der Waals surface area contributed by atoms with Crippen molar-refractivity contribution < 1.29 is 0 Å². The van der Waals surface area contributed by atoms with E-state index in [2.05, 4.69) is 68.1 Å². The molecule has 0 aliphatic heterocycles. The van der Waals surface area contributed by atoms with Crippen molar-refractivity contribution in [2.45, 2.75) is 65.1 Å². The summed E-state index contributed by atoms with van der Waals surface area (Å²) >= 11 is 0. The Hall–Kier alpha value is -2.63. The molecule has 0 bridgehead atoms. The van der Waals surface area contributed by atoms with Crippen molar-refractivity contribution in [2.24, 2.45) is 0 Å². The number of rotatable bonds is 16. The summed E-state index contributed by atoms with van der Waals surface area (Å²) in [6.45, 7) is 7.91. The highest BCUT2D eigenvalue weighted by Crippen LogP contribution is 2.11. The van der Waals surface area contributed by atoms with Gasteiger partial charge in [-0.15, -0.1) is 0 Å². The fourth-order valence-electron chi connectivity index (χ4n) is 4.04. The number of aromatic nitrogens is 3. The van der Waals surface area contributed by atoms with Crippen LogP contribution in [0.25, 0.3) is 0 Å². The lowest BCUT2D eigenvalue weighted by Crippen LogP contribution is -2.35. The van der Waals surface area contributed by atoms with Crippen LogP contribution in [0.3, 0.4) is 0 Å². The lowest BCUT2D eigenvalue weighted by atomic mass is 10.1. The first-order valence-electron chi connectivity index (χ1n) is 12.5. The first-order valence-corrected chi connectivity index (χ1v) is 12.5. The van der Waals surface area contributed by atoms with Gasteiger partial charge in [0.25, 0.3) is 0 Å². The third-order valence-corrected chi connectivity index (χ3v) is 5.90. The number of hydrogen-bond donors (Lipinski definition) is 0. The maximum atomic E-state index is 4.57. The minimum Gasteiger partial charge on any atom is -0.296 e. The minimum atomic E-state index is 0.825. The molecule has 3 rings (SSSR count). The third-order valence-electron chi connectivity index (χ3n) is 5.90. The Balaban J connectivity index is 1.59. The molecule has 5 heteroatoms. The molecule has 3 heterocycles. The molecule has 0 aromatic carbocycles. The van der Waals surface area contributed by atoms with Crippen molar-refractivity contribution in [3.05, 3.63) is 90.3 Å². The van der Waals surface area contributed by atoms with E-state index in [1.54, 1.807) is 0 Å². The van der Waals surface area contributed by atoms with Crippen LogP contribution >= 0.6 is 0 Å². The van der Waals surface area contributed by atoms with Crippen LogP contribution in [0, 0.1) is 0 Å². The zero-order valence-corrected chi connectivity index (χ0v) is 20.1. The summed E-state index contributed by atoms with van der Waals surface area (Å²) in [6, 6.07) is 18.5. The molecule has 0 saturated carbocycles. The molecule has 33 heavy (non-hydrogen) atoms. The Morgan fingerprint density at radius 1 is 0.515 bits per heavy atom. The topological polar surface area (TPSA) is 45.2 Å². The molecule has 0 atom stereocenters. The molecule has 0 saturated heterocycles. The van der Waals surface area contributed by atoms with Gasteiger partial charge in [-0.3, -0.25) is 24.8 Å². The summed E-state index contributed by atoms with van der Waals surface area (Å²) in [6.07, 6.45) is 13.6. The highest BCUT2D eigenvalue weighted by molar-refractivity contribution is 5.06. The Bertz CT molecular complexity index is 816. The van der Waals surface area contributed by atoms with Gasteiger partial charge < -0.3 is 0 Å². The van der Waals surface area contributed by atoms with Crippen molar-refractivity contribution in [1.29, 1.82) is 0 Å². The van der Waals surface area contributed by atoms with Crippen LogP contribution in [-0.4, -0.2) is 44.4 Å². The van der Waals surface area contributed by atoms with Gasteiger partial charge in [0.05, 0.1) is 17.1 Å². The van der Waals surface area contributed by atoms with E-state index < -0.39 is 0 Å². The van der Waals surface area contributed by atoms with E-state index in [1.807, 2.05) is 36.8 Å². The lowest BCUT2D eigenvalue weighted by Gasteiger charge is -2.27. The van der Waals surface area contributed by atoms with Crippen LogP contribution in [0.1, 0.15) is 62.5 Å². The Morgan fingerprint density at radius 2 is 0.970 bits per heavy atom. The normalized spacial score (nSPS) is 11.4. The van der Waals surface area contributed by atoms with Crippen LogP contribution in [0.5, 0.6) is 0 Å². The predicted octanol–water partition coefficient (Wildman–Crippen LogP) is 5.74. The number of pyridine rings is 3. The maximum Gasteiger partial charge on any atom is 0.0544 e. The van der Waals surface area contributed by atoms with E-state index in [1.165, 1.54) is 38.5 Å². The average molecular weight is 446 g/mol. The summed E-state index contributed by atoms with van der Waals surface area (Å²) in [7, 11) is 0. The molecule has 0 spiro atoms. The first kappa shape index (κ1) is 25.0. The first-order chi connectivity index (χ1) is 16.3. The quantitative estimate of drug-likeness (QED) is 0.263. The number of hydrogen-bond acceptors (Lipinski definition) is 5. The van der Waals surface area contributed by atoms with Crippen LogP contribution in [0.2, 0.25) is 0 Å². The van der Waals surface area contributed by atoms with Crippen molar-refractivity contribution in [3.63, 3.8) is 0 Å². The lowest BCUT2D eigenvalue weighted by molar-refractivity contribution is 0.181. The Kier molecular flexibility index (Phi) is 11.6. The molecular formula is C28H39N5. The molecule has 0 amide bonds. The van der Waals surface area contributed by atoms with Gasteiger partial charge in [0.2, 0.25) is 0 Å². The third kappa shape index (κ3) is 10.2. The van der Waals surface area contributed by atoms with Crippen molar-refractivity contribution in [2.75, 3.05) is 19.6 Å². The van der Waals surface area contributed by atoms with E-state index in [0.717, 1.165) is 56.4 Å². The number of unbranched alkanes of at least 4 members (excludes halogenated alkanes) is 5. The predicted molar refractivity (Wildman–Crippen MR) is 135 cm³/mol. The van der Waals surface area contributed by atoms with Gasteiger partial charge in [0.1, 0.15) is 0 Å². The zero-order valence-electron chi connectivity index (χ0n) is 20.1. The molecular weight excluding hydrogens is 406 g/mol. The second kappa shape index (κ2) is 15.3. The molecule has 3 aromatic rings. The molecule has 0 unspecified atom stereocenters. The van der Waals surface area contributed by atoms with Crippen LogP contribution in [0.4, 0.5) is 0 Å².